The van der Waals surface area contributed by atoms with Gasteiger partial charge in [0, 0.05) is 13.7 Å². The minimum Gasteiger partial charge on any atom is -0.326 e. The normalized spacial score (nSPS) is 11.9. The van der Waals surface area contributed by atoms with Gasteiger partial charge >= 0.3 is 0 Å². The molecule has 0 fully saturated rings. The summed E-state index contributed by atoms with van der Waals surface area (Å²) in [5.41, 5.74) is 1.82. The van der Waals surface area contributed by atoms with Gasteiger partial charge in [0.05, 0.1) is 5.92 Å². The monoisotopic (exact) mass is 429 g/mol. The van der Waals surface area contributed by atoms with E-state index in [9.17, 15) is 4.79 Å². The van der Waals surface area contributed by atoms with E-state index in [4.69, 9.17) is 0 Å². The van der Waals surface area contributed by atoms with Crippen molar-refractivity contribution in [2.75, 3.05) is 5.32 Å². The first-order chi connectivity index (χ1) is 9.08. The first-order valence-electron chi connectivity index (χ1n) is 5.89. The minimum absolute atomic E-state index is 0.000641. The van der Waals surface area contributed by atoms with Crippen molar-refractivity contribution in [3.05, 3.63) is 62.1 Å². The van der Waals surface area contributed by atoms with Crippen molar-refractivity contribution in [3.63, 3.8) is 0 Å². The second kappa shape index (κ2) is 6.52. The van der Waals surface area contributed by atoms with Gasteiger partial charge in [0.2, 0.25) is 5.91 Å². The summed E-state index contributed by atoms with van der Waals surface area (Å²) in [5.74, 6) is -0.168. The van der Waals surface area contributed by atoms with Crippen LogP contribution in [0.1, 0.15) is 18.4 Å². The fraction of sp³-hybridized carbons (Fsp3) is 0.133. The second-order valence-electron chi connectivity index (χ2n) is 4.25. The number of anilines is 1. The maximum Gasteiger partial charge on any atom is 0.231 e. The van der Waals surface area contributed by atoms with Gasteiger partial charge in [-0.2, -0.15) is 0 Å². The summed E-state index contributed by atoms with van der Waals surface area (Å²) in [4.78, 5) is 12.2. The molecule has 0 spiro atoms. The highest BCUT2D eigenvalue weighted by molar-refractivity contribution is 14.1. The number of carbonyl (C=O) groups excluding carboxylic acids is 1. The van der Waals surface area contributed by atoms with Gasteiger partial charge in [0.1, 0.15) is 0 Å². The van der Waals surface area contributed by atoms with Crippen molar-refractivity contribution < 1.29 is 4.79 Å². The molecule has 2 rings (SSSR count). The minimum atomic E-state index is -0.167. The Hall–Kier alpha value is -0.880. The van der Waals surface area contributed by atoms with Gasteiger partial charge in [-0.25, -0.2) is 0 Å². The molecule has 0 aliphatic carbocycles. The van der Waals surface area contributed by atoms with Gasteiger partial charge in [-0.1, -0.05) is 30.3 Å². The van der Waals surface area contributed by atoms with E-state index in [0.717, 1.165) is 19.3 Å². The molecule has 1 unspecified atom stereocenters. The summed E-state index contributed by atoms with van der Waals surface area (Å²) < 4.78 is 2.10. The van der Waals surface area contributed by atoms with Crippen LogP contribution in [-0.2, 0) is 4.79 Å². The Morgan fingerprint density at radius 2 is 1.89 bits per heavy atom. The Morgan fingerprint density at radius 1 is 1.21 bits per heavy atom. The standard InChI is InChI=1S/C15H13BrINO/c1-10(11-5-3-2-4-6-11)15(19)18-12-7-8-14(17)13(16)9-12/h2-10H,1H3,(H,18,19). The topological polar surface area (TPSA) is 29.1 Å². The molecule has 1 atom stereocenters. The van der Waals surface area contributed by atoms with Gasteiger partial charge < -0.3 is 5.32 Å². The molecule has 0 heterocycles. The lowest BCUT2D eigenvalue weighted by Crippen LogP contribution is -2.18. The van der Waals surface area contributed by atoms with Gasteiger partial charge in [-0.15, -0.1) is 0 Å². The smallest absolute Gasteiger partial charge is 0.231 e. The van der Waals surface area contributed by atoms with E-state index >= 15 is 0 Å². The Morgan fingerprint density at radius 3 is 2.53 bits per heavy atom. The molecular weight excluding hydrogens is 417 g/mol. The van der Waals surface area contributed by atoms with Crippen LogP contribution < -0.4 is 5.32 Å². The van der Waals surface area contributed by atoms with Crippen molar-refractivity contribution >= 4 is 50.1 Å². The highest BCUT2D eigenvalue weighted by Gasteiger charge is 2.15. The second-order valence-corrected chi connectivity index (χ2v) is 6.27. The maximum absolute atomic E-state index is 12.2. The van der Waals surface area contributed by atoms with Gasteiger partial charge in [0.15, 0.2) is 0 Å². The van der Waals surface area contributed by atoms with Crippen LogP contribution in [0.4, 0.5) is 5.69 Å². The number of hydrogen-bond acceptors (Lipinski definition) is 1. The van der Waals surface area contributed by atoms with E-state index in [0.29, 0.717) is 0 Å². The Labute approximate surface area is 134 Å². The van der Waals surface area contributed by atoms with Crippen LogP contribution in [-0.4, -0.2) is 5.91 Å². The molecule has 2 aromatic rings. The molecule has 4 heteroatoms. The molecule has 2 nitrogen and oxygen atoms in total. The highest BCUT2D eigenvalue weighted by atomic mass is 127. The van der Waals surface area contributed by atoms with E-state index in [-0.39, 0.29) is 11.8 Å². The van der Waals surface area contributed by atoms with Crippen molar-refractivity contribution in [1.82, 2.24) is 0 Å². The molecule has 0 saturated carbocycles. The number of hydrogen-bond donors (Lipinski definition) is 1. The van der Waals surface area contributed by atoms with Gasteiger partial charge in [-0.05, 0) is 69.2 Å². The number of amides is 1. The molecule has 0 bridgehead atoms. The zero-order valence-corrected chi connectivity index (χ0v) is 14.1. The third-order valence-electron chi connectivity index (χ3n) is 2.88. The predicted octanol–water partition coefficient (Wildman–Crippen LogP) is 4.80. The summed E-state index contributed by atoms with van der Waals surface area (Å²) in [6.45, 7) is 1.91. The highest BCUT2D eigenvalue weighted by Crippen LogP contribution is 2.24. The van der Waals surface area contributed by atoms with Crippen molar-refractivity contribution in [2.45, 2.75) is 12.8 Å². The predicted molar refractivity (Wildman–Crippen MR) is 90.3 cm³/mol. The number of carbonyl (C=O) groups is 1. The third kappa shape index (κ3) is 3.79. The average Bonchev–Trinajstić information content (AvgIpc) is 2.43. The molecule has 1 amide bonds. The van der Waals surface area contributed by atoms with Crippen LogP contribution in [0.2, 0.25) is 0 Å². The molecule has 0 aromatic heterocycles. The SMILES string of the molecule is CC(C(=O)Nc1ccc(I)c(Br)c1)c1ccccc1. The lowest BCUT2D eigenvalue weighted by atomic mass is 10.0. The van der Waals surface area contributed by atoms with Gasteiger partial charge in [0.25, 0.3) is 0 Å². The van der Waals surface area contributed by atoms with Crippen LogP contribution in [0.15, 0.2) is 53.0 Å². The molecule has 19 heavy (non-hydrogen) atoms. The van der Waals surface area contributed by atoms with Crippen molar-refractivity contribution in [1.29, 1.82) is 0 Å². The Kier molecular flexibility index (Phi) is 4.99. The van der Waals surface area contributed by atoms with Crippen molar-refractivity contribution in [2.24, 2.45) is 0 Å². The van der Waals surface area contributed by atoms with E-state index in [1.807, 2.05) is 55.5 Å². The van der Waals surface area contributed by atoms with Crippen LogP contribution in [0, 0.1) is 3.57 Å². The first kappa shape index (κ1) is 14.5. The number of halogens is 2. The molecule has 0 aliphatic rings. The summed E-state index contributed by atoms with van der Waals surface area (Å²) in [6.07, 6.45) is 0. The molecular formula is C15H13BrINO. The lowest BCUT2D eigenvalue weighted by molar-refractivity contribution is -0.117. The largest absolute Gasteiger partial charge is 0.326 e. The number of nitrogens with one attached hydrogen (secondary N) is 1. The molecule has 1 N–H and O–H groups in total. The molecule has 0 saturated heterocycles. The number of rotatable bonds is 3. The zero-order chi connectivity index (χ0) is 13.8. The molecule has 98 valence electrons. The molecule has 0 radical (unpaired) electrons. The van der Waals surface area contributed by atoms with E-state index in [1.54, 1.807) is 0 Å². The quantitative estimate of drug-likeness (QED) is 0.698. The average molecular weight is 430 g/mol. The van der Waals surface area contributed by atoms with Gasteiger partial charge in [-0.3, -0.25) is 4.79 Å². The zero-order valence-electron chi connectivity index (χ0n) is 10.4. The van der Waals surface area contributed by atoms with Crippen LogP contribution >= 0.6 is 38.5 Å². The summed E-state index contributed by atoms with van der Waals surface area (Å²) in [6, 6.07) is 15.6. The van der Waals surface area contributed by atoms with Crippen LogP contribution in [0.3, 0.4) is 0 Å². The van der Waals surface area contributed by atoms with E-state index < -0.39 is 0 Å². The Bertz CT molecular complexity index is 586. The fourth-order valence-corrected chi connectivity index (χ4v) is 2.43. The third-order valence-corrected chi connectivity index (χ3v) is 5.22. The summed E-state index contributed by atoms with van der Waals surface area (Å²) >= 11 is 5.70. The van der Waals surface area contributed by atoms with Crippen molar-refractivity contribution in [3.8, 4) is 0 Å². The molecule has 2 aromatic carbocycles. The van der Waals surface area contributed by atoms with Crippen LogP contribution in [0.5, 0.6) is 0 Å². The fourth-order valence-electron chi connectivity index (χ4n) is 1.72. The summed E-state index contributed by atoms with van der Waals surface area (Å²) in [7, 11) is 0. The summed E-state index contributed by atoms with van der Waals surface area (Å²) in [5, 5.41) is 2.94. The number of benzene rings is 2. The first-order valence-corrected chi connectivity index (χ1v) is 7.76. The van der Waals surface area contributed by atoms with E-state index in [1.165, 1.54) is 0 Å². The molecule has 0 aliphatic heterocycles. The van der Waals surface area contributed by atoms with E-state index in [2.05, 4.69) is 43.8 Å². The maximum atomic E-state index is 12.2. The Balaban J connectivity index is 2.10. The lowest BCUT2D eigenvalue weighted by Gasteiger charge is -2.13. The van der Waals surface area contributed by atoms with Crippen LogP contribution in [0.25, 0.3) is 0 Å².